The van der Waals surface area contributed by atoms with Gasteiger partial charge in [0.25, 0.3) is 0 Å². The zero-order chi connectivity index (χ0) is 9.94. The van der Waals surface area contributed by atoms with E-state index < -0.39 is 0 Å². The van der Waals surface area contributed by atoms with E-state index in [0.717, 1.165) is 13.1 Å². The zero-order valence-corrected chi connectivity index (χ0v) is 9.91. The molecule has 0 radical (unpaired) electrons. The van der Waals surface area contributed by atoms with Gasteiger partial charge in [0, 0.05) is 13.1 Å². The summed E-state index contributed by atoms with van der Waals surface area (Å²) in [6.07, 6.45) is 7.81. The van der Waals surface area contributed by atoms with E-state index in [-0.39, 0.29) is 0 Å². The second kappa shape index (κ2) is 9.97. The molecule has 0 aromatic heterocycles. The van der Waals surface area contributed by atoms with Crippen molar-refractivity contribution in [3.8, 4) is 0 Å². The van der Waals surface area contributed by atoms with Crippen LogP contribution in [-0.2, 0) is 0 Å². The van der Waals surface area contributed by atoms with Gasteiger partial charge in [0.2, 0.25) is 0 Å². The Morgan fingerprint density at radius 3 is 1.69 bits per heavy atom. The molecule has 0 aromatic rings. The Hall–Kier alpha value is -0.110. The number of nitrogens with zero attached hydrogens (tertiary/aromatic N) is 1. The van der Waals surface area contributed by atoms with E-state index in [1.165, 1.54) is 38.5 Å². The van der Waals surface area contributed by atoms with Crippen molar-refractivity contribution in [3.63, 3.8) is 0 Å². The quantitative estimate of drug-likeness (QED) is 0.414. The van der Waals surface area contributed by atoms with Gasteiger partial charge >= 0.3 is 0 Å². The van der Waals surface area contributed by atoms with Gasteiger partial charge in [-0.15, -0.1) is 0 Å². The normalized spacial score (nSPS) is 10.0. The molecule has 0 fully saturated rings. The Bertz CT molecular complexity index is 105. The molecule has 0 amide bonds. The first kappa shape index (κ1) is 12.9. The summed E-state index contributed by atoms with van der Waals surface area (Å²) in [5, 5.41) is 0. The second-order valence-corrected chi connectivity index (χ2v) is 3.77. The third-order valence-corrected chi connectivity index (χ3v) is 2.54. The summed E-state index contributed by atoms with van der Waals surface area (Å²) in [5.41, 5.74) is 1.82. The Balaban J connectivity index is 3.34. The van der Waals surface area contributed by atoms with E-state index in [2.05, 4.69) is 18.7 Å². The molecule has 0 unspecified atom stereocenters. The van der Waals surface area contributed by atoms with Crippen LogP contribution in [0.1, 0.15) is 52.4 Å². The first-order chi connectivity index (χ1) is 6.35. The van der Waals surface area contributed by atoms with Gasteiger partial charge < -0.3 is 4.90 Å². The monoisotopic (exact) mass is 201 g/mol. The van der Waals surface area contributed by atoms with Crippen LogP contribution in [0.5, 0.6) is 0 Å². The van der Waals surface area contributed by atoms with Gasteiger partial charge in [-0.1, -0.05) is 51.7 Å². The standard InChI is InChI=1S/C11H23NS/c1-3-5-7-9-12(11-13)10-8-6-4-2/h11H,3-10H2,1-2H3. The molecule has 0 heterocycles. The van der Waals surface area contributed by atoms with Crippen LogP contribution in [0, 0.1) is 0 Å². The van der Waals surface area contributed by atoms with E-state index >= 15 is 0 Å². The molecule has 0 atom stereocenters. The topological polar surface area (TPSA) is 3.24 Å². The largest absolute Gasteiger partial charge is 0.369 e. The van der Waals surface area contributed by atoms with Crippen LogP contribution in [0.4, 0.5) is 0 Å². The highest BCUT2D eigenvalue weighted by Crippen LogP contribution is 2.00. The molecule has 0 aliphatic carbocycles. The van der Waals surface area contributed by atoms with Gasteiger partial charge in [0.1, 0.15) is 0 Å². The molecule has 0 saturated heterocycles. The summed E-state index contributed by atoms with van der Waals surface area (Å²) in [5.74, 6) is 0. The minimum atomic E-state index is 1.15. The molecular formula is C11H23NS. The SMILES string of the molecule is CCCCCN(C=S)CCCCC. The predicted octanol–water partition coefficient (Wildman–Crippen LogP) is 3.63. The van der Waals surface area contributed by atoms with Crippen molar-refractivity contribution in [3.05, 3.63) is 0 Å². The van der Waals surface area contributed by atoms with Gasteiger partial charge in [-0.3, -0.25) is 0 Å². The fraction of sp³-hybridized carbons (Fsp3) is 0.909. The van der Waals surface area contributed by atoms with Crippen molar-refractivity contribution in [2.24, 2.45) is 0 Å². The molecule has 0 aliphatic heterocycles. The molecule has 0 saturated carbocycles. The summed E-state index contributed by atoms with van der Waals surface area (Å²) in [7, 11) is 0. The van der Waals surface area contributed by atoms with Crippen LogP contribution in [-0.4, -0.2) is 23.5 Å². The van der Waals surface area contributed by atoms with Crippen LogP contribution >= 0.6 is 12.2 Å². The molecule has 1 nitrogen and oxygen atoms in total. The maximum absolute atomic E-state index is 4.97. The highest BCUT2D eigenvalue weighted by molar-refractivity contribution is 7.78. The summed E-state index contributed by atoms with van der Waals surface area (Å²) in [6.45, 7) is 6.78. The molecular weight excluding hydrogens is 178 g/mol. The van der Waals surface area contributed by atoms with E-state index in [9.17, 15) is 0 Å². The summed E-state index contributed by atoms with van der Waals surface area (Å²) < 4.78 is 0. The Labute approximate surface area is 88.5 Å². The van der Waals surface area contributed by atoms with Crippen LogP contribution in [0.3, 0.4) is 0 Å². The highest BCUT2D eigenvalue weighted by atomic mass is 32.1. The smallest absolute Gasteiger partial charge is 0.0640 e. The van der Waals surface area contributed by atoms with E-state index in [0.29, 0.717) is 0 Å². The Morgan fingerprint density at radius 1 is 0.923 bits per heavy atom. The molecule has 13 heavy (non-hydrogen) atoms. The zero-order valence-electron chi connectivity index (χ0n) is 9.09. The molecule has 2 heteroatoms. The van der Waals surface area contributed by atoms with Crippen LogP contribution in [0.15, 0.2) is 0 Å². The highest BCUT2D eigenvalue weighted by Gasteiger charge is 1.97. The van der Waals surface area contributed by atoms with Gasteiger partial charge in [-0.25, -0.2) is 0 Å². The third kappa shape index (κ3) is 8.23. The third-order valence-electron chi connectivity index (χ3n) is 2.25. The van der Waals surface area contributed by atoms with E-state index in [4.69, 9.17) is 12.2 Å². The first-order valence-corrected chi connectivity index (χ1v) is 6.01. The Kier molecular flexibility index (Phi) is 9.89. The number of hydrogen-bond donors (Lipinski definition) is 0. The Morgan fingerprint density at radius 2 is 1.38 bits per heavy atom. The summed E-state index contributed by atoms with van der Waals surface area (Å²) >= 11 is 4.97. The average Bonchev–Trinajstić information content (AvgIpc) is 2.16. The molecule has 0 N–H and O–H groups in total. The predicted molar refractivity (Wildman–Crippen MR) is 64.3 cm³/mol. The van der Waals surface area contributed by atoms with Crippen molar-refractivity contribution in [1.82, 2.24) is 4.90 Å². The lowest BCUT2D eigenvalue weighted by Crippen LogP contribution is -2.23. The summed E-state index contributed by atoms with van der Waals surface area (Å²) in [4.78, 5) is 2.28. The van der Waals surface area contributed by atoms with Gasteiger partial charge in [0.05, 0.1) is 5.49 Å². The molecule has 0 spiro atoms. The van der Waals surface area contributed by atoms with Crippen LogP contribution in [0.2, 0.25) is 0 Å². The second-order valence-electron chi connectivity index (χ2n) is 3.56. The fourth-order valence-corrected chi connectivity index (χ4v) is 1.56. The molecule has 0 aromatic carbocycles. The van der Waals surface area contributed by atoms with E-state index in [1.807, 2.05) is 5.49 Å². The van der Waals surface area contributed by atoms with Crippen molar-refractivity contribution in [2.45, 2.75) is 52.4 Å². The van der Waals surface area contributed by atoms with Gasteiger partial charge in [0.15, 0.2) is 0 Å². The van der Waals surface area contributed by atoms with Crippen molar-refractivity contribution >= 4 is 17.7 Å². The van der Waals surface area contributed by atoms with Crippen molar-refractivity contribution < 1.29 is 0 Å². The molecule has 78 valence electrons. The molecule has 0 bridgehead atoms. The van der Waals surface area contributed by atoms with E-state index in [1.54, 1.807) is 0 Å². The molecule has 0 aliphatic rings. The van der Waals surface area contributed by atoms with Crippen LogP contribution < -0.4 is 0 Å². The lowest BCUT2D eigenvalue weighted by atomic mass is 10.2. The maximum atomic E-state index is 4.97. The van der Waals surface area contributed by atoms with Crippen molar-refractivity contribution in [1.29, 1.82) is 0 Å². The fourth-order valence-electron chi connectivity index (χ4n) is 1.35. The van der Waals surface area contributed by atoms with Gasteiger partial charge in [-0.2, -0.15) is 0 Å². The van der Waals surface area contributed by atoms with Crippen LogP contribution in [0.25, 0.3) is 0 Å². The van der Waals surface area contributed by atoms with Crippen molar-refractivity contribution in [2.75, 3.05) is 13.1 Å². The number of rotatable bonds is 9. The average molecular weight is 201 g/mol. The minimum Gasteiger partial charge on any atom is -0.369 e. The molecule has 0 rings (SSSR count). The lowest BCUT2D eigenvalue weighted by molar-refractivity contribution is 0.405. The first-order valence-electron chi connectivity index (χ1n) is 5.54. The lowest BCUT2D eigenvalue weighted by Gasteiger charge is -2.18. The number of hydrogen-bond acceptors (Lipinski definition) is 1. The maximum Gasteiger partial charge on any atom is 0.0640 e. The summed E-state index contributed by atoms with van der Waals surface area (Å²) in [6, 6.07) is 0. The number of unbranched alkanes of at least 4 members (excludes halogenated alkanes) is 4. The minimum absolute atomic E-state index is 1.15. The number of thiocarbonyl (C=S) groups is 1. The van der Waals surface area contributed by atoms with Gasteiger partial charge in [-0.05, 0) is 12.8 Å².